The first-order chi connectivity index (χ1) is 11.8. The van der Waals surface area contributed by atoms with Gasteiger partial charge in [-0.25, -0.2) is 0 Å². The number of rotatable bonds is 3. The first-order valence-electron chi connectivity index (χ1n) is 10.7. The van der Waals surface area contributed by atoms with Gasteiger partial charge in [0.25, 0.3) is 0 Å². The van der Waals surface area contributed by atoms with Crippen molar-refractivity contribution in [2.45, 2.75) is 96.1 Å². The molecule has 138 valence electrons. The van der Waals surface area contributed by atoms with Crippen LogP contribution in [-0.2, 0) is 5.54 Å². The Bertz CT molecular complexity index is 621. The zero-order valence-electron chi connectivity index (χ0n) is 16.4. The SMILES string of the molecule is CC1CCC(NC23CC4CC(C)(CC(C)(C4)C2)C3)(c2cccs2)CC1. The molecule has 0 aliphatic heterocycles. The van der Waals surface area contributed by atoms with Crippen molar-refractivity contribution >= 4 is 11.3 Å². The number of nitrogens with one attached hydrogen (secondary N) is 1. The van der Waals surface area contributed by atoms with Crippen molar-refractivity contribution in [1.82, 2.24) is 5.32 Å². The van der Waals surface area contributed by atoms with Crippen LogP contribution in [0.3, 0.4) is 0 Å². The fourth-order valence-corrected chi connectivity index (χ4v) is 9.28. The van der Waals surface area contributed by atoms with E-state index >= 15 is 0 Å². The average Bonchev–Trinajstić information content (AvgIpc) is 3.00. The Morgan fingerprint density at radius 2 is 1.68 bits per heavy atom. The Morgan fingerprint density at radius 3 is 2.24 bits per heavy atom. The Morgan fingerprint density at radius 1 is 1.00 bits per heavy atom. The minimum atomic E-state index is 0.263. The Hall–Kier alpha value is -0.340. The summed E-state index contributed by atoms with van der Waals surface area (Å²) in [6, 6.07) is 4.68. The van der Waals surface area contributed by atoms with Crippen molar-refractivity contribution in [1.29, 1.82) is 0 Å². The van der Waals surface area contributed by atoms with E-state index in [9.17, 15) is 0 Å². The van der Waals surface area contributed by atoms with Gasteiger partial charge in [0.05, 0.1) is 5.54 Å². The van der Waals surface area contributed by atoms with E-state index in [0.29, 0.717) is 16.4 Å². The van der Waals surface area contributed by atoms with Crippen LogP contribution in [0, 0.1) is 22.7 Å². The highest BCUT2D eigenvalue weighted by Crippen LogP contribution is 2.67. The van der Waals surface area contributed by atoms with E-state index in [-0.39, 0.29) is 5.54 Å². The summed E-state index contributed by atoms with van der Waals surface area (Å²) in [5, 5.41) is 6.75. The maximum absolute atomic E-state index is 4.46. The predicted molar refractivity (Wildman–Crippen MR) is 107 cm³/mol. The predicted octanol–water partition coefficient (Wildman–Crippen LogP) is 6.49. The summed E-state index contributed by atoms with van der Waals surface area (Å²) in [4.78, 5) is 1.62. The molecule has 0 saturated heterocycles. The van der Waals surface area contributed by atoms with Crippen molar-refractivity contribution in [2.24, 2.45) is 22.7 Å². The molecule has 0 aromatic carbocycles. The van der Waals surface area contributed by atoms with Crippen LogP contribution in [0.1, 0.15) is 89.9 Å². The minimum Gasteiger partial charge on any atom is -0.301 e. The van der Waals surface area contributed by atoms with E-state index in [4.69, 9.17) is 0 Å². The summed E-state index contributed by atoms with van der Waals surface area (Å²) in [5.41, 5.74) is 1.87. The molecule has 5 fully saturated rings. The second-order valence-electron chi connectivity index (χ2n) is 11.3. The van der Waals surface area contributed by atoms with Gasteiger partial charge in [-0.1, -0.05) is 26.8 Å². The zero-order chi connectivity index (χ0) is 17.3. The summed E-state index contributed by atoms with van der Waals surface area (Å²) in [6.07, 6.45) is 14.2. The van der Waals surface area contributed by atoms with Crippen LogP contribution < -0.4 is 5.32 Å². The first kappa shape index (κ1) is 16.8. The van der Waals surface area contributed by atoms with E-state index in [1.54, 1.807) is 4.88 Å². The van der Waals surface area contributed by atoms with E-state index in [1.165, 1.54) is 64.2 Å². The zero-order valence-corrected chi connectivity index (χ0v) is 17.2. The second kappa shape index (κ2) is 5.35. The van der Waals surface area contributed by atoms with Crippen molar-refractivity contribution in [3.05, 3.63) is 22.4 Å². The normalized spacial score (nSPS) is 51.8. The molecule has 2 unspecified atom stereocenters. The average molecular weight is 358 g/mol. The van der Waals surface area contributed by atoms with Crippen LogP contribution in [-0.4, -0.2) is 5.54 Å². The Kier molecular flexibility index (Phi) is 3.60. The van der Waals surface area contributed by atoms with Gasteiger partial charge in [-0.15, -0.1) is 11.3 Å². The molecule has 1 heterocycles. The molecule has 0 radical (unpaired) electrons. The highest BCUT2D eigenvalue weighted by atomic mass is 32.1. The standard InChI is InChI=1S/C23H35NS/c1-17-6-8-23(9-7-17,19-5-4-10-25-19)24-22-13-18-11-20(2,15-22)14-21(3,12-18)16-22/h4-5,10,17-18,24H,6-9,11-16H2,1-3H3. The Balaban J connectivity index is 1.50. The van der Waals surface area contributed by atoms with Gasteiger partial charge in [0.15, 0.2) is 0 Å². The quantitative estimate of drug-likeness (QED) is 0.651. The lowest BCUT2D eigenvalue weighted by Crippen LogP contribution is -2.68. The lowest BCUT2D eigenvalue weighted by atomic mass is 9.42. The molecule has 25 heavy (non-hydrogen) atoms. The molecular weight excluding hydrogens is 322 g/mol. The van der Waals surface area contributed by atoms with Crippen LogP contribution in [0.5, 0.6) is 0 Å². The van der Waals surface area contributed by atoms with Crippen molar-refractivity contribution in [2.75, 3.05) is 0 Å². The van der Waals surface area contributed by atoms with Crippen molar-refractivity contribution in [3.8, 4) is 0 Å². The minimum absolute atomic E-state index is 0.263. The fourth-order valence-electron chi connectivity index (χ4n) is 8.33. The van der Waals surface area contributed by atoms with Gasteiger partial charge in [-0.05, 0) is 98.3 Å². The summed E-state index contributed by atoms with van der Waals surface area (Å²) in [7, 11) is 0. The lowest BCUT2D eigenvalue weighted by Gasteiger charge is -2.67. The summed E-state index contributed by atoms with van der Waals surface area (Å²) in [5.74, 6) is 1.88. The number of thiophene rings is 1. The molecule has 5 saturated carbocycles. The van der Waals surface area contributed by atoms with Gasteiger partial charge in [0, 0.05) is 10.4 Å². The van der Waals surface area contributed by atoms with Gasteiger partial charge >= 0.3 is 0 Å². The largest absolute Gasteiger partial charge is 0.301 e. The van der Waals surface area contributed by atoms with Crippen LogP contribution in [0.15, 0.2) is 17.5 Å². The Labute approximate surface area is 158 Å². The van der Waals surface area contributed by atoms with Gasteiger partial charge < -0.3 is 5.32 Å². The van der Waals surface area contributed by atoms with Crippen LogP contribution in [0.25, 0.3) is 0 Å². The molecule has 5 aliphatic rings. The fraction of sp³-hybridized carbons (Fsp3) is 0.826. The molecule has 2 heteroatoms. The third-order valence-electron chi connectivity index (χ3n) is 8.25. The van der Waals surface area contributed by atoms with Crippen LogP contribution in [0.2, 0.25) is 0 Å². The van der Waals surface area contributed by atoms with E-state index in [1.807, 2.05) is 11.3 Å². The molecule has 1 nitrogen and oxygen atoms in total. The molecule has 1 aromatic rings. The lowest BCUT2D eigenvalue weighted by molar-refractivity contribution is -0.129. The molecule has 6 rings (SSSR count). The van der Waals surface area contributed by atoms with Crippen LogP contribution >= 0.6 is 11.3 Å². The summed E-state index contributed by atoms with van der Waals surface area (Å²) >= 11 is 1.99. The topological polar surface area (TPSA) is 12.0 Å². The molecule has 0 spiro atoms. The molecule has 0 amide bonds. The molecule has 2 atom stereocenters. The molecule has 5 aliphatic carbocycles. The number of hydrogen-bond donors (Lipinski definition) is 1. The molecule has 1 aromatic heterocycles. The maximum atomic E-state index is 4.46. The van der Waals surface area contributed by atoms with Gasteiger partial charge in [0.1, 0.15) is 0 Å². The highest BCUT2D eigenvalue weighted by molar-refractivity contribution is 7.10. The third kappa shape index (κ3) is 2.74. The van der Waals surface area contributed by atoms with E-state index < -0.39 is 0 Å². The second-order valence-corrected chi connectivity index (χ2v) is 12.2. The maximum Gasteiger partial charge on any atom is 0.0533 e. The van der Waals surface area contributed by atoms with Crippen molar-refractivity contribution in [3.63, 3.8) is 0 Å². The van der Waals surface area contributed by atoms with Crippen LogP contribution in [0.4, 0.5) is 0 Å². The first-order valence-corrected chi connectivity index (χ1v) is 11.5. The van der Waals surface area contributed by atoms with E-state index in [2.05, 4.69) is 43.6 Å². The van der Waals surface area contributed by atoms with Gasteiger partial charge in [0.2, 0.25) is 0 Å². The van der Waals surface area contributed by atoms with Crippen molar-refractivity contribution < 1.29 is 0 Å². The molecule has 1 N–H and O–H groups in total. The smallest absolute Gasteiger partial charge is 0.0533 e. The van der Waals surface area contributed by atoms with E-state index in [0.717, 1.165) is 11.8 Å². The summed E-state index contributed by atoms with van der Waals surface area (Å²) < 4.78 is 0. The molecular formula is C23H35NS. The summed E-state index contributed by atoms with van der Waals surface area (Å²) in [6.45, 7) is 7.66. The highest BCUT2D eigenvalue weighted by Gasteiger charge is 2.61. The number of hydrogen-bond acceptors (Lipinski definition) is 2. The van der Waals surface area contributed by atoms with Gasteiger partial charge in [-0.2, -0.15) is 0 Å². The van der Waals surface area contributed by atoms with Gasteiger partial charge in [-0.3, -0.25) is 0 Å². The molecule has 4 bridgehead atoms. The third-order valence-corrected chi connectivity index (χ3v) is 9.33. The monoisotopic (exact) mass is 357 g/mol.